The van der Waals surface area contributed by atoms with E-state index < -0.39 is 0 Å². The minimum absolute atomic E-state index is 0.652. The molecule has 1 nitrogen and oxygen atoms in total. The van der Waals surface area contributed by atoms with Crippen molar-refractivity contribution in [2.24, 2.45) is 5.73 Å². The number of hydrogen-bond donors (Lipinski definition) is 1. The van der Waals surface area contributed by atoms with Crippen LogP contribution in [0.5, 0.6) is 0 Å². The monoisotopic (exact) mass is 207 g/mol. The Morgan fingerprint density at radius 1 is 1.29 bits per heavy atom. The van der Waals surface area contributed by atoms with E-state index in [1.165, 1.54) is 36.1 Å². The van der Waals surface area contributed by atoms with Gasteiger partial charge < -0.3 is 5.73 Å². The lowest BCUT2D eigenvalue weighted by Crippen LogP contribution is -1.97. The van der Waals surface area contributed by atoms with Crippen LogP contribution >= 0.6 is 11.8 Å². The van der Waals surface area contributed by atoms with E-state index in [9.17, 15) is 0 Å². The minimum atomic E-state index is 0.652. The van der Waals surface area contributed by atoms with Crippen LogP contribution in [0.2, 0.25) is 0 Å². The number of rotatable bonds is 3. The highest BCUT2D eigenvalue weighted by Gasteiger charge is 2.15. The van der Waals surface area contributed by atoms with Gasteiger partial charge in [0.25, 0.3) is 0 Å². The second-order valence-corrected chi connectivity index (χ2v) is 5.25. The van der Waals surface area contributed by atoms with Crippen LogP contribution in [0.25, 0.3) is 0 Å². The Morgan fingerprint density at radius 3 is 2.79 bits per heavy atom. The van der Waals surface area contributed by atoms with E-state index in [1.807, 2.05) is 11.8 Å². The Morgan fingerprint density at radius 2 is 2.07 bits per heavy atom. The molecular weight excluding hydrogens is 190 g/mol. The zero-order valence-electron chi connectivity index (χ0n) is 8.41. The fraction of sp³-hybridized carbons (Fsp3) is 0.500. The molecule has 0 aromatic heterocycles. The average molecular weight is 207 g/mol. The normalized spacial score (nSPS) is 17.5. The fourth-order valence-electron chi connectivity index (χ4n) is 1.94. The first kappa shape index (κ1) is 10.1. The van der Waals surface area contributed by atoms with Gasteiger partial charge in [-0.1, -0.05) is 25.0 Å². The van der Waals surface area contributed by atoms with E-state index in [0.717, 1.165) is 5.25 Å². The van der Waals surface area contributed by atoms with Crippen LogP contribution in [-0.2, 0) is 6.54 Å². The van der Waals surface area contributed by atoms with Gasteiger partial charge in [0.1, 0.15) is 0 Å². The van der Waals surface area contributed by atoms with Crippen molar-refractivity contribution in [3.05, 3.63) is 29.8 Å². The molecule has 0 aliphatic heterocycles. The van der Waals surface area contributed by atoms with Crippen molar-refractivity contribution in [1.29, 1.82) is 0 Å². The summed E-state index contributed by atoms with van der Waals surface area (Å²) in [6.07, 6.45) is 5.59. The van der Waals surface area contributed by atoms with Gasteiger partial charge in [0, 0.05) is 16.7 Å². The van der Waals surface area contributed by atoms with Gasteiger partial charge in [0.15, 0.2) is 0 Å². The summed E-state index contributed by atoms with van der Waals surface area (Å²) in [6.45, 7) is 0.652. The molecule has 0 heterocycles. The minimum Gasteiger partial charge on any atom is -0.326 e. The van der Waals surface area contributed by atoms with Crippen molar-refractivity contribution in [2.75, 3.05) is 0 Å². The van der Waals surface area contributed by atoms with Gasteiger partial charge in [-0.25, -0.2) is 0 Å². The smallest absolute Gasteiger partial charge is 0.0178 e. The molecule has 0 unspecified atom stereocenters. The summed E-state index contributed by atoms with van der Waals surface area (Å²) < 4.78 is 0. The molecule has 1 fully saturated rings. The van der Waals surface area contributed by atoms with Crippen LogP contribution in [0.1, 0.15) is 31.2 Å². The molecule has 2 rings (SSSR count). The maximum absolute atomic E-state index is 5.62. The molecule has 76 valence electrons. The second-order valence-electron chi connectivity index (χ2n) is 3.88. The number of nitrogens with two attached hydrogens (primary N) is 1. The summed E-state index contributed by atoms with van der Waals surface area (Å²) in [5.41, 5.74) is 6.86. The highest BCUT2D eigenvalue weighted by Crippen LogP contribution is 2.34. The molecule has 1 aromatic carbocycles. The third-order valence-electron chi connectivity index (χ3n) is 2.74. The first-order valence-electron chi connectivity index (χ1n) is 5.34. The van der Waals surface area contributed by atoms with Crippen molar-refractivity contribution >= 4 is 11.8 Å². The van der Waals surface area contributed by atoms with Crippen LogP contribution in [0.4, 0.5) is 0 Å². The van der Waals surface area contributed by atoms with Crippen LogP contribution in [0, 0.1) is 0 Å². The van der Waals surface area contributed by atoms with Crippen LogP contribution in [0.3, 0.4) is 0 Å². The lowest BCUT2D eigenvalue weighted by molar-refractivity contribution is 0.886. The Bertz CT molecular complexity index is 292. The van der Waals surface area contributed by atoms with Crippen molar-refractivity contribution in [2.45, 2.75) is 42.4 Å². The molecule has 1 aromatic rings. The Hall–Kier alpha value is -0.470. The topological polar surface area (TPSA) is 26.0 Å². The van der Waals surface area contributed by atoms with E-state index in [0.29, 0.717) is 6.54 Å². The van der Waals surface area contributed by atoms with E-state index >= 15 is 0 Å². The average Bonchev–Trinajstić information content (AvgIpc) is 2.71. The van der Waals surface area contributed by atoms with Crippen LogP contribution < -0.4 is 5.73 Å². The molecule has 0 bridgehead atoms. The molecule has 14 heavy (non-hydrogen) atoms. The SMILES string of the molecule is NCc1cccc(SC2CCCC2)c1. The van der Waals surface area contributed by atoms with Crippen LogP contribution in [0.15, 0.2) is 29.2 Å². The van der Waals surface area contributed by atoms with E-state index in [2.05, 4.69) is 24.3 Å². The number of benzene rings is 1. The molecule has 0 spiro atoms. The molecule has 1 aliphatic rings. The summed E-state index contributed by atoms with van der Waals surface area (Å²) in [7, 11) is 0. The summed E-state index contributed by atoms with van der Waals surface area (Å²) >= 11 is 2.03. The maximum Gasteiger partial charge on any atom is 0.0178 e. The van der Waals surface area contributed by atoms with E-state index in [-0.39, 0.29) is 0 Å². The molecule has 2 N–H and O–H groups in total. The fourth-order valence-corrected chi connectivity index (χ4v) is 3.27. The maximum atomic E-state index is 5.62. The molecular formula is C12H17NS. The first-order chi connectivity index (χ1) is 6.88. The first-order valence-corrected chi connectivity index (χ1v) is 6.22. The van der Waals surface area contributed by atoms with Gasteiger partial charge in [-0.3, -0.25) is 0 Å². The number of thioether (sulfide) groups is 1. The molecule has 2 heteroatoms. The molecule has 1 aliphatic carbocycles. The summed E-state index contributed by atoms with van der Waals surface area (Å²) in [5, 5.41) is 0.850. The molecule has 0 radical (unpaired) electrons. The zero-order chi connectivity index (χ0) is 9.80. The standard InChI is InChI=1S/C12H17NS/c13-9-10-4-3-7-12(8-10)14-11-5-1-2-6-11/h3-4,7-8,11H,1-2,5-6,9,13H2. The van der Waals surface area contributed by atoms with Gasteiger partial charge in [-0.2, -0.15) is 0 Å². The molecule has 0 amide bonds. The molecule has 0 saturated heterocycles. The van der Waals surface area contributed by atoms with Gasteiger partial charge in [-0.15, -0.1) is 11.8 Å². The van der Waals surface area contributed by atoms with Gasteiger partial charge in [0.2, 0.25) is 0 Å². The highest BCUT2D eigenvalue weighted by molar-refractivity contribution is 8.00. The summed E-state index contributed by atoms with van der Waals surface area (Å²) in [6, 6.07) is 8.63. The van der Waals surface area contributed by atoms with Crippen molar-refractivity contribution in [1.82, 2.24) is 0 Å². The Kier molecular flexibility index (Phi) is 3.49. The zero-order valence-corrected chi connectivity index (χ0v) is 9.22. The lowest BCUT2D eigenvalue weighted by atomic mass is 10.2. The van der Waals surface area contributed by atoms with Crippen molar-refractivity contribution in [3.8, 4) is 0 Å². The predicted molar refractivity (Wildman–Crippen MR) is 62.4 cm³/mol. The van der Waals surface area contributed by atoms with Gasteiger partial charge in [-0.05, 0) is 30.5 Å². The summed E-state index contributed by atoms with van der Waals surface area (Å²) in [4.78, 5) is 1.39. The molecule has 1 saturated carbocycles. The van der Waals surface area contributed by atoms with E-state index in [1.54, 1.807) is 0 Å². The van der Waals surface area contributed by atoms with E-state index in [4.69, 9.17) is 5.73 Å². The highest BCUT2D eigenvalue weighted by atomic mass is 32.2. The largest absolute Gasteiger partial charge is 0.326 e. The Balaban J connectivity index is 2.00. The van der Waals surface area contributed by atoms with Gasteiger partial charge >= 0.3 is 0 Å². The third kappa shape index (κ3) is 2.52. The van der Waals surface area contributed by atoms with Crippen LogP contribution in [-0.4, -0.2) is 5.25 Å². The predicted octanol–water partition coefficient (Wildman–Crippen LogP) is 3.18. The van der Waals surface area contributed by atoms with Gasteiger partial charge in [0.05, 0.1) is 0 Å². The lowest BCUT2D eigenvalue weighted by Gasteiger charge is -2.09. The summed E-state index contributed by atoms with van der Waals surface area (Å²) in [5.74, 6) is 0. The third-order valence-corrected chi connectivity index (χ3v) is 4.07. The quantitative estimate of drug-likeness (QED) is 0.824. The van der Waals surface area contributed by atoms with Crippen molar-refractivity contribution < 1.29 is 0 Å². The molecule has 0 atom stereocenters. The van der Waals surface area contributed by atoms with Crippen molar-refractivity contribution in [3.63, 3.8) is 0 Å². The Labute approximate surface area is 90.1 Å². The number of hydrogen-bond acceptors (Lipinski definition) is 2. The second kappa shape index (κ2) is 4.85.